The molecule has 0 bridgehead atoms. The van der Waals surface area contributed by atoms with Gasteiger partial charge in [0.05, 0.1) is 18.8 Å². The molecule has 5 nitrogen and oxygen atoms in total. The fraction of sp³-hybridized carbons (Fsp3) is 0.412. The molecular weight excluding hydrogens is 314 g/mol. The minimum absolute atomic E-state index is 0.0773. The van der Waals surface area contributed by atoms with Gasteiger partial charge in [-0.1, -0.05) is 23.7 Å². The molecule has 1 unspecified atom stereocenters. The first-order valence-electron chi connectivity index (χ1n) is 7.70. The molecule has 1 atom stereocenters. The first kappa shape index (κ1) is 16.0. The normalized spacial score (nSPS) is 18.3. The molecule has 1 aromatic heterocycles. The van der Waals surface area contributed by atoms with Crippen LogP contribution in [-0.4, -0.2) is 47.4 Å². The van der Waals surface area contributed by atoms with Crippen LogP contribution >= 0.6 is 11.6 Å². The highest BCUT2D eigenvalue weighted by atomic mass is 35.5. The number of carbonyl (C=O) groups is 1. The van der Waals surface area contributed by atoms with Gasteiger partial charge >= 0.3 is 0 Å². The third-order valence-corrected chi connectivity index (χ3v) is 4.33. The predicted molar refractivity (Wildman–Crippen MR) is 89.1 cm³/mol. The van der Waals surface area contributed by atoms with Crippen molar-refractivity contribution < 1.29 is 9.21 Å². The highest BCUT2D eigenvalue weighted by molar-refractivity contribution is 6.30. The van der Waals surface area contributed by atoms with Crippen LogP contribution in [0.25, 0.3) is 11.3 Å². The zero-order valence-electron chi connectivity index (χ0n) is 13.3. The number of amides is 1. The molecule has 0 spiro atoms. The summed E-state index contributed by atoms with van der Waals surface area (Å²) in [6.45, 7) is 1.43. The maximum Gasteiger partial charge on any atom is 0.239 e. The van der Waals surface area contributed by atoms with Crippen molar-refractivity contribution in [2.75, 3.05) is 20.6 Å². The lowest BCUT2D eigenvalue weighted by molar-refractivity contribution is -0.133. The summed E-state index contributed by atoms with van der Waals surface area (Å²) in [5.41, 5.74) is 0.901. The first-order valence-corrected chi connectivity index (χ1v) is 8.08. The Kier molecular flexibility index (Phi) is 4.68. The van der Waals surface area contributed by atoms with Crippen molar-refractivity contribution in [3.63, 3.8) is 0 Å². The molecule has 2 aromatic rings. The third kappa shape index (κ3) is 3.57. The van der Waals surface area contributed by atoms with Gasteiger partial charge in [0.25, 0.3) is 0 Å². The predicted octanol–water partition coefficient (Wildman–Crippen LogP) is 3.05. The molecule has 3 rings (SSSR count). The summed E-state index contributed by atoms with van der Waals surface area (Å²) in [7, 11) is 3.59. The van der Waals surface area contributed by atoms with Crippen LogP contribution < -0.4 is 0 Å². The van der Waals surface area contributed by atoms with E-state index in [-0.39, 0.29) is 11.9 Å². The lowest BCUT2D eigenvalue weighted by Crippen LogP contribution is -2.42. The van der Waals surface area contributed by atoms with Crippen molar-refractivity contribution in [3.05, 3.63) is 41.4 Å². The van der Waals surface area contributed by atoms with Crippen LogP contribution in [0.3, 0.4) is 0 Å². The number of likely N-dealkylation sites (tertiary alicyclic amines) is 1. The van der Waals surface area contributed by atoms with Crippen molar-refractivity contribution in [3.8, 4) is 11.3 Å². The zero-order valence-corrected chi connectivity index (χ0v) is 14.1. The third-order valence-electron chi connectivity index (χ3n) is 4.09. The van der Waals surface area contributed by atoms with Crippen molar-refractivity contribution in [1.29, 1.82) is 0 Å². The molecule has 23 heavy (non-hydrogen) atoms. The molecule has 1 amide bonds. The summed E-state index contributed by atoms with van der Waals surface area (Å²) in [6.07, 6.45) is 3.62. The fourth-order valence-corrected chi connectivity index (χ4v) is 3.12. The molecular formula is C17H20ClN3O2. The number of benzene rings is 1. The van der Waals surface area contributed by atoms with Crippen LogP contribution in [0.1, 0.15) is 18.7 Å². The largest absolute Gasteiger partial charge is 0.439 e. The fourth-order valence-electron chi connectivity index (χ4n) is 2.93. The van der Waals surface area contributed by atoms with Crippen LogP contribution in [0.2, 0.25) is 5.02 Å². The maximum absolute atomic E-state index is 12.2. The topological polar surface area (TPSA) is 49.6 Å². The summed E-state index contributed by atoms with van der Waals surface area (Å²) in [6, 6.07) is 7.41. The zero-order chi connectivity index (χ0) is 16.4. The van der Waals surface area contributed by atoms with E-state index in [0.717, 1.165) is 24.9 Å². The number of hydrogen-bond acceptors (Lipinski definition) is 4. The number of rotatable bonds is 4. The average Bonchev–Trinajstić information content (AvgIpc) is 3.16. The van der Waals surface area contributed by atoms with E-state index in [9.17, 15) is 4.79 Å². The molecule has 0 saturated carbocycles. The van der Waals surface area contributed by atoms with Gasteiger partial charge in [-0.15, -0.1) is 0 Å². The number of aromatic nitrogens is 1. The summed E-state index contributed by atoms with van der Waals surface area (Å²) in [5, 5.41) is 0.664. The molecule has 0 aliphatic carbocycles. The smallest absolute Gasteiger partial charge is 0.239 e. The molecule has 0 N–H and O–H groups in total. The number of hydrogen-bond donors (Lipinski definition) is 0. The second kappa shape index (κ2) is 6.72. The Morgan fingerprint density at radius 3 is 3.04 bits per heavy atom. The second-order valence-corrected chi connectivity index (χ2v) is 6.43. The number of oxazole rings is 1. The van der Waals surface area contributed by atoms with E-state index in [1.54, 1.807) is 25.2 Å². The van der Waals surface area contributed by atoms with E-state index in [1.807, 2.05) is 24.3 Å². The number of halogens is 1. The highest BCUT2D eigenvalue weighted by Gasteiger charge is 2.32. The molecule has 2 heterocycles. The minimum atomic E-state index is -0.0773. The quantitative estimate of drug-likeness (QED) is 0.863. The van der Waals surface area contributed by atoms with E-state index >= 15 is 0 Å². The Morgan fingerprint density at radius 2 is 2.30 bits per heavy atom. The molecule has 122 valence electrons. The van der Waals surface area contributed by atoms with Crippen molar-refractivity contribution in [2.24, 2.45) is 0 Å². The lowest BCUT2D eigenvalue weighted by Gasteiger charge is -2.24. The Morgan fingerprint density at radius 1 is 1.48 bits per heavy atom. The number of likely N-dealkylation sites (N-methyl/N-ethyl adjacent to an activating group) is 1. The summed E-state index contributed by atoms with van der Waals surface area (Å²) in [5.74, 6) is 1.46. The molecule has 1 aliphatic heterocycles. The van der Waals surface area contributed by atoms with E-state index in [4.69, 9.17) is 16.0 Å². The SMILES string of the molecule is CN(C)C(=O)C1CCCN1Cc1ncc(-c2cccc(Cl)c2)o1. The van der Waals surface area contributed by atoms with Crippen LogP contribution in [0.5, 0.6) is 0 Å². The van der Waals surface area contributed by atoms with Crippen molar-refractivity contribution in [1.82, 2.24) is 14.8 Å². The Bertz CT molecular complexity index is 699. The van der Waals surface area contributed by atoms with Gasteiger partial charge in [0.2, 0.25) is 11.8 Å². The van der Waals surface area contributed by atoms with E-state index in [2.05, 4.69) is 9.88 Å². The Labute approximate surface area is 140 Å². The van der Waals surface area contributed by atoms with Crippen LogP contribution in [-0.2, 0) is 11.3 Å². The number of carbonyl (C=O) groups excluding carboxylic acids is 1. The van der Waals surface area contributed by atoms with Gasteiger partial charge in [-0.25, -0.2) is 4.98 Å². The highest BCUT2D eigenvalue weighted by Crippen LogP contribution is 2.26. The second-order valence-electron chi connectivity index (χ2n) is 5.99. The van der Waals surface area contributed by atoms with Gasteiger partial charge in [0, 0.05) is 24.7 Å². The van der Waals surface area contributed by atoms with Crippen molar-refractivity contribution in [2.45, 2.75) is 25.4 Å². The molecule has 0 radical (unpaired) electrons. The molecule has 1 saturated heterocycles. The van der Waals surface area contributed by atoms with Gasteiger partial charge in [-0.2, -0.15) is 0 Å². The monoisotopic (exact) mass is 333 g/mol. The van der Waals surface area contributed by atoms with E-state index in [0.29, 0.717) is 23.2 Å². The molecule has 1 aromatic carbocycles. The molecule has 1 fully saturated rings. The summed E-state index contributed by atoms with van der Waals surface area (Å²) in [4.78, 5) is 20.4. The lowest BCUT2D eigenvalue weighted by atomic mass is 10.2. The van der Waals surface area contributed by atoms with Gasteiger partial charge in [-0.3, -0.25) is 9.69 Å². The first-order chi connectivity index (χ1) is 11.0. The summed E-state index contributed by atoms with van der Waals surface area (Å²) >= 11 is 6.01. The Hall–Kier alpha value is -1.85. The van der Waals surface area contributed by atoms with Gasteiger partial charge in [0.1, 0.15) is 0 Å². The van der Waals surface area contributed by atoms with Crippen molar-refractivity contribution >= 4 is 17.5 Å². The van der Waals surface area contributed by atoms with Gasteiger partial charge in [0.15, 0.2) is 5.76 Å². The van der Waals surface area contributed by atoms with Gasteiger partial charge < -0.3 is 9.32 Å². The Balaban J connectivity index is 1.73. The minimum Gasteiger partial charge on any atom is -0.439 e. The van der Waals surface area contributed by atoms with Crippen LogP contribution in [0.15, 0.2) is 34.9 Å². The molecule has 6 heteroatoms. The average molecular weight is 334 g/mol. The summed E-state index contributed by atoms with van der Waals surface area (Å²) < 4.78 is 5.84. The maximum atomic E-state index is 12.2. The van der Waals surface area contributed by atoms with Gasteiger partial charge in [-0.05, 0) is 31.5 Å². The van der Waals surface area contributed by atoms with Crippen LogP contribution in [0, 0.1) is 0 Å². The van der Waals surface area contributed by atoms with E-state index < -0.39 is 0 Å². The van der Waals surface area contributed by atoms with Crippen LogP contribution in [0.4, 0.5) is 0 Å². The molecule has 1 aliphatic rings. The standard InChI is InChI=1S/C17H20ClN3O2/c1-20(2)17(22)14-7-4-8-21(14)11-16-19-10-15(23-16)12-5-3-6-13(18)9-12/h3,5-6,9-10,14H,4,7-8,11H2,1-2H3. The number of nitrogens with zero attached hydrogens (tertiary/aromatic N) is 3. The van der Waals surface area contributed by atoms with E-state index in [1.165, 1.54) is 0 Å².